The van der Waals surface area contributed by atoms with Gasteiger partial charge in [-0.15, -0.1) is 11.6 Å². The minimum Gasteiger partial charge on any atom is -0.469 e. The Labute approximate surface area is 94.3 Å². The van der Waals surface area contributed by atoms with E-state index in [-0.39, 0.29) is 29.7 Å². The third-order valence-corrected chi connectivity index (χ3v) is 2.98. The van der Waals surface area contributed by atoms with Crippen molar-refractivity contribution in [2.24, 2.45) is 5.92 Å². The van der Waals surface area contributed by atoms with Gasteiger partial charge < -0.3 is 10.1 Å². The number of carbonyl (C=O) groups is 2. The number of alkyl halides is 1. The standard InChI is InChI=1S/C10H16ClNO3/c1-15-10(14)7-4-2-3-5-8(7)12-9(13)6-11/h7-8H,2-6H2,1H3,(H,12,13)/t7-,8-/m0/s1. The summed E-state index contributed by atoms with van der Waals surface area (Å²) in [7, 11) is 1.37. The summed E-state index contributed by atoms with van der Waals surface area (Å²) >= 11 is 5.40. The zero-order valence-corrected chi connectivity index (χ0v) is 9.55. The third-order valence-electron chi connectivity index (χ3n) is 2.74. The summed E-state index contributed by atoms with van der Waals surface area (Å²) in [5.41, 5.74) is 0. The fourth-order valence-electron chi connectivity index (χ4n) is 1.98. The molecule has 1 rings (SSSR count). The van der Waals surface area contributed by atoms with Crippen LogP contribution >= 0.6 is 11.6 Å². The lowest BCUT2D eigenvalue weighted by Gasteiger charge is -2.29. The number of ether oxygens (including phenoxy) is 1. The normalized spacial score (nSPS) is 25.7. The molecule has 0 spiro atoms. The highest BCUT2D eigenvalue weighted by Gasteiger charge is 2.32. The van der Waals surface area contributed by atoms with Crippen molar-refractivity contribution in [3.05, 3.63) is 0 Å². The summed E-state index contributed by atoms with van der Waals surface area (Å²) in [5.74, 6) is -0.743. The molecule has 1 amide bonds. The molecule has 1 saturated carbocycles. The van der Waals surface area contributed by atoms with Crippen LogP contribution in [0.2, 0.25) is 0 Å². The fourth-order valence-corrected chi connectivity index (χ4v) is 2.06. The fraction of sp³-hybridized carbons (Fsp3) is 0.800. The zero-order valence-electron chi connectivity index (χ0n) is 8.79. The van der Waals surface area contributed by atoms with Crippen molar-refractivity contribution in [1.29, 1.82) is 0 Å². The van der Waals surface area contributed by atoms with Crippen LogP contribution in [0.1, 0.15) is 25.7 Å². The molecule has 1 aliphatic rings. The zero-order chi connectivity index (χ0) is 11.3. The van der Waals surface area contributed by atoms with E-state index in [4.69, 9.17) is 16.3 Å². The van der Waals surface area contributed by atoms with E-state index in [1.807, 2.05) is 0 Å². The summed E-state index contributed by atoms with van der Waals surface area (Å²) in [4.78, 5) is 22.6. The quantitative estimate of drug-likeness (QED) is 0.586. The molecule has 5 heteroatoms. The van der Waals surface area contributed by atoms with E-state index in [9.17, 15) is 9.59 Å². The van der Waals surface area contributed by atoms with Crippen molar-refractivity contribution in [2.45, 2.75) is 31.7 Å². The van der Waals surface area contributed by atoms with Gasteiger partial charge in [-0.05, 0) is 12.8 Å². The minimum absolute atomic E-state index is 0.0651. The molecular weight excluding hydrogens is 218 g/mol. The highest BCUT2D eigenvalue weighted by Crippen LogP contribution is 2.25. The van der Waals surface area contributed by atoms with Crippen LogP contribution in [-0.4, -0.2) is 30.9 Å². The van der Waals surface area contributed by atoms with E-state index in [1.165, 1.54) is 7.11 Å². The van der Waals surface area contributed by atoms with Gasteiger partial charge in [0, 0.05) is 6.04 Å². The van der Waals surface area contributed by atoms with Crippen LogP contribution in [0.25, 0.3) is 0 Å². The summed E-state index contributed by atoms with van der Waals surface area (Å²) in [6.07, 6.45) is 3.63. The maximum Gasteiger partial charge on any atom is 0.310 e. The Morgan fingerprint density at radius 1 is 1.40 bits per heavy atom. The minimum atomic E-state index is -0.241. The van der Waals surface area contributed by atoms with E-state index in [0.29, 0.717) is 0 Å². The molecule has 0 aromatic rings. The molecule has 0 radical (unpaired) electrons. The molecule has 86 valence electrons. The highest BCUT2D eigenvalue weighted by molar-refractivity contribution is 6.27. The van der Waals surface area contributed by atoms with Gasteiger partial charge in [0.1, 0.15) is 5.88 Å². The number of esters is 1. The predicted octanol–water partition coefficient (Wildman–Crippen LogP) is 1.07. The molecule has 1 fully saturated rings. The van der Waals surface area contributed by atoms with Gasteiger partial charge in [-0.1, -0.05) is 12.8 Å². The number of rotatable bonds is 3. The van der Waals surface area contributed by atoms with E-state index in [0.717, 1.165) is 25.7 Å². The number of amides is 1. The van der Waals surface area contributed by atoms with Gasteiger partial charge in [0.05, 0.1) is 13.0 Å². The van der Waals surface area contributed by atoms with Crippen molar-refractivity contribution in [2.75, 3.05) is 13.0 Å². The summed E-state index contributed by atoms with van der Waals surface area (Å²) in [6.45, 7) is 0. The van der Waals surface area contributed by atoms with Crippen molar-refractivity contribution in [3.63, 3.8) is 0 Å². The third kappa shape index (κ3) is 3.38. The Morgan fingerprint density at radius 3 is 2.67 bits per heavy atom. The molecule has 0 aromatic heterocycles. The molecule has 0 saturated heterocycles. The Bertz CT molecular complexity index is 245. The maximum atomic E-state index is 11.4. The van der Waals surface area contributed by atoms with Gasteiger partial charge in [-0.2, -0.15) is 0 Å². The van der Waals surface area contributed by atoms with Crippen LogP contribution in [0.15, 0.2) is 0 Å². The van der Waals surface area contributed by atoms with Crippen LogP contribution in [0.3, 0.4) is 0 Å². The summed E-state index contributed by atoms with van der Waals surface area (Å²) < 4.78 is 4.71. The Morgan fingerprint density at radius 2 is 2.07 bits per heavy atom. The average Bonchev–Trinajstić information content (AvgIpc) is 2.28. The number of carbonyl (C=O) groups excluding carboxylic acids is 2. The molecule has 15 heavy (non-hydrogen) atoms. The first-order chi connectivity index (χ1) is 7.19. The van der Waals surface area contributed by atoms with Gasteiger partial charge in [0.15, 0.2) is 0 Å². The van der Waals surface area contributed by atoms with E-state index >= 15 is 0 Å². The molecule has 0 aliphatic heterocycles. The summed E-state index contributed by atoms with van der Waals surface area (Å²) in [6, 6.07) is -0.113. The molecule has 0 bridgehead atoms. The number of hydrogen-bond donors (Lipinski definition) is 1. The van der Waals surface area contributed by atoms with Crippen molar-refractivity contribution >= 4 is 23.5 Å². The molecule has 1 aliphatic carbocycles. The predicted molar refractivity (Wildman–Crippen MR) is 56.6 cm³/mol. The van der Waals surface area contributed by atoms with Crippen molar-refractivity contribution < 1.29 is 14.3 Å². The largest absolute Gasteiger partial charge is 0.469 e. The molecule has 0 unspecified atom stereocenters. The van der Waals surface area contributed by atoms with Crippen molar-refractivity contribution in [1.82, 2.24) is 5.32 Å². The van der Waals surface area contributed by atoms with Crippen LogP contribution in [0.5, 0.6) is 0 Å². The lowest BCUT2D eigenvalue weighted by molar-refractivity contribution is -0.147. The number of halogens is 1. The highest BCUT2D eigenvalue weighted by atomic mass is 35.5. The second kappa shape index (κ2) is 5.95. The molecule has 0 heterocycles. The first-order valence-electron chi connectivity index (χ1n) is 5.12. The van der Waals surface area contributed by atoms with Gasteiger partial charge in [0.25, 0.3) is 0 Å². The molecular formula is C10H16ClNO3. The first kappa shape index (κ1) is 12.3. The topological polar surface area (TPSA) is 55.4 Å². The Kier molecular flexibility index (Phi) is 4.88. The molecule has 1 N–H and O–H groups in total. The first-order valence-corrected chi connectivity index (χ1v) is 5.65. The van der Waals surface area contributed by atoms with Crippen LogP contribution in [-0.2, 0) is 14.3 Å². The summed E-state index contributed by atoms with van der Waals surface area (Å²) in [5, 5.41) is 2.76. The van der Waals surface area contributed by atoms with Gasteiger partial charge >= 0.3 is 5.97 Å². The number of hydrogen-bond acceptors (Lipinski definition) is 3. The maximum absolute atomic E-state index is 11.4. The van der Waals surface area contributed by atoms with E-state index in [2.05, 4.69) is 5.32 Å². The smallest absolute Gasteiger partial charge is 0.310 e. The van der Waals surface area contributed by atoms with Gasteiger partial charge in [-0.25, -0.2) is 0 Å². The van der Waals surface area contributed by atoms with E-state index < -0.39 is 0 Å². The second-order valence-corrected chi connectivity index (χ2v) is 3.99. The van der Waals surface area contributed by atoms with Gasteiger partial charge in [-0.3, -0.25) is 9.59 Å². The number of methoxy groups -OCH3 is 1. The molecule has 4 nitrogen and oxygen atoms in total. The van der Waals surface area contributed by atoms with Crippen LogP contribution in [0.4, 0.5) is 0 Å². The van der Waals surface area contributed by atoms with Crippen molar-refractivity contribution in [3.8, 4) is 0 Å². The SMILES string of the molecule is COC(=O)[C@H]1CCCC[C@@H]1NC(=O)CCl. The second-order valence-electron chi connectivity index (χ2n) is 3.72. The Balaban J connectivity index is 2.57. The Hall–Kier alpha value is -0.770. The van der Waals surface area contributed by atoms with E-state index in [1.54, 1.807) is 0 Å². The lowest BCUT2D eigenvalue weighted by atomic mass is 9.84. The molecule has 2 atom stereocenters. The lowest BCUT2D eigenvalue weighted by Crippen LogP contribution is -2.45. The monoisotopic (exact) mass is 233 g/mol. The van der Waals surface area contributed by atoms with Crippen LogP contribution < -0.4 is 5.32 Å². The average molecular weight is 234 g/mol. The number of nitrogens with one attached hydrogen (secondary N) is 1. The van der Waals surface area contributed by atoms with Gasteiger partial charge in [0.2, 0.25) is 5.91 Å². The van der Waals surface area contributed by atoms with Crippen LogP contribution in [0, 0.1) is 5.92 Å². The molecule has 0 aromatic carbocycles.